The van der Waals surface area contributed by atoms with Crippen LogP contribution in [0.5, 0.6) is 0 Å². The third-order valence-electron chi connectivity index (χ3n) is 1.64. The zero-order valence-corrected chi connectivity index (χ0v) is 9.07. The standard InChI is InChI=1S/C8H15F2NO2.ClH/c1-3-4-8(9,10)5-6(11)7(12)13-2;/h6H,3-5,11H2,1-2H3;1H/t6-;/m0./s1. The third kappa shape index (κ3) is 6.10. The summed E-state index contributed by atoms with van der Waals surface area (Å²) in [4.78, 5) is 10.7. The van der Waals surface area contributed by atoms with E-state index in [0.717, 1.165) is 7.11 Å². The molecule has 0 bridgehead atoms. The summed E-state index contributed by atoms with van der Waals surface area (Å²) in [6.45, 7) is 1.65. The van der Waals surface area contributed by atoms with E-state index in [1.165, 1.54) is 0 Å². The van der Waals surface area contributed by atoms with Crippen molar-refractivity contribution < 1.29 is 18.3 Å². The van der Waals surface area contributed by atoms with Crippen molar-refractivity contribution in [2.45, 2.75) is 38.2 Å². The molecular weight excluding hydrogens is 216 g/mol. The van der Waals surface area contributed by atoms with Gasteiger partial charge < -0.3 is 10.5 Å². The van der Waals surface area contributed by atoms with E-state index in [-0.39, 0.29) is 18.8 Å². The number of esters is 1. The van der Waals surface area contributed by atoms with Crippen molar-refractivity contribution in [1.82, 2.24) is 0 Å². The molecule has 0 aromatic heterocycles. The van der Waals surface area contributed by atoms with Crippen LogP contribution in [0.2, 0.25) is 0 Å². The number of carbonyl (C=O) groups excluding carboxylic acids is 1. The van der Waals surface area contributed by atoms with Gasteiger partial charge in [0.2, 0.25) is 5.92 Å². The van der Waals surface area contributed by atoms with Crippen LogP contribution >= 0.6 is 12.4 Å². The maximum absolute atomic E-state index is 12.9. The van der Waals surface area contributed by atoms with Crippen LogP contribution in [-0.2, 0) is 9.53 Å². The van der Waals surface area contributed by atoms with Gasteiger partial charge in [-0.1, -0.05) is 13.3 Å². The van der Waals surface area contributed by atoms with Crippen LogP contribution < -0.4 is 5.73 Å². The second-order valence-corrected chi connectivity index (χ2v) is 2.94. The molecule has 1 atom stereocenters. The summed E-state index contributed by atoms with van der Waals surface area (Å²) in [6, 6.07) is -1.23. The smallest absolute Gasteiger partial charge is 0.322 e. The molecule has 0 aliphatic heterocycles. The average molecular weight is 232 g/mol. The minimum absolute atomic E-state index is 0. The fraction of sp³-hybridized carbons (Fsp3) is 0.875. The SMILES string of the molecule is CCCC(F)(F)C[C@H](N)C(=O)OC.Cl. The van der Waals surface area contributed by atoms with Crippen molar-refractivity contribution in [2.24, 2.45) is 5.73 Å². The molecule has 2 N–H and O–H groups in total. The number of rotatable bonds is 5. The first-order valence-electron chi connectivity index (χ1n) is 4.14. The summed E-state index contributed by atoms with van der Waals surface area (Å²) in [5, 5.41) is 0. The lowest BCUT2D eigenvalue weighted by atomic mass is 10.1. The molecule has 86 valence electrons. The molecule has 0 fully saturated rings. The van der Waals surface area contributed by atoms with Crippen LogP contribution in [0.25, 0.3) is 0 Å². The van der Waals surface area contributed by atoms with Crippen LogP contribution in [0.4, 0.5) is 8.78 Å². The third-order valence-corrected chi connectivity index (χ3v) is 1.64. The van der Waals surface area contributed by atoms with Crippen molar-refractivity contribution in [1.29, 1.82) is 0 Å². The molecule has 0 aliphatic rings. The zero-order chi connectivity index (χ0) is 10.5. The number of carbonyl (C=O) groups is 1. The highest BCUT2D eigenvalue weighted by Gasteiger charge is 2.33. The van der Waals surface area contributed by atoms with E-state index >= 15 is 0 Å². The lowest BCUT2D eigenvalue weighted by molar-refractivity contribution is -0.145. The Kier molecular flexibility index (Phi) is 7.96. The molecule has 3 nitrogen and oxygen atoms in total. The van der Waals surface area contributed by atoms with Crippen molar-refractivity contribution in [3.63, 3.8) is 0 Å². The molecule has 0 amide bonds. The van der Waals surface area contributed by atoms with Gasteiger partial charge >= 0.3 is 5.97 Å². The Morgan fingerprint density at radius 2 is 2.07 bits per heavy atom. The van der Waals surface area contributed by atoms with Crippen LogP contribution in [0.1, 0.15) is 26.2 Å². The van der Waals surface area contributed by atoms with E-state index in [0.29, 0.717) is 6.42 Å². The Balaban J connectivity index is 0. The minimum Gasteiger partial charge on any atom is -0.468 e. The molecule has 0 heterocycles. The quantitative estimate of drug-likeness (QED) is 0.734. The Morgan fingerprint density at radius 1 is 1.57 bits per heavy atom. The van der Waals surface area contributed by atoms with Crippen LogP contribution in [-0.4, -0.2) is 25.0 Å². The molecule has 14 heavy (non-hydrogen) atoms. The summed E-state index contributed by atoms with van der Waals surface area (Å²) in [7, 11) is 1.13. The largest absolute Gasteiger partial charge is 0.468 e. The van der Waals surface area contributed by atoms with E-state index in [2.05, 4.69) is 4.74 Å². The minimum atomic E-state index is -2.87. The van der Waals surface area contributed by atoms with Crippen LogP contribution in [0.3, 0.4) is 0 Å². The highest BCUT2D eigenvalue weighted by molar-refractivity contribution is 5.85. The van der Waals surface area contributed by atoms with E-state index < -0.39 is 24.4 Å². The van der Waals surface area contributed by atoms with Gasteiger partial charge in [-0.15, -0.1) is 12.4 Å². The average Bonchev–Trinajstić information content (AvgIpc) is 2.01. The molecule has 0 rings (SSSR count). The molecular formula is C8H16ClF2NO2. The summed E-state index contributed by atoms with van der Waals surface area (Å²) in [5.74, 6) is -3.67. The molecule has 6 heteroatoms. The van der Waals surface area contributed by atoms with E-state index in [4.69, 9.17) is 5.73 Å². The summed E-state index contributed by atoms with van der Waals surface area (Å²) in [6.07, 6.45) is -0.536. The molecule has 0 saturated heterocycles. The maximum Gasteiger partial charge on any atom is 0.322 e. The molecule has 0 spiro atoms. The fourth-order valence-electron chi connectivity index (χ4n) is 1.02. The van der Waals surface area contributed by atoms with Crippen molar-refractivity contribution in [2.75, 3.05) is 7.11 Å². The Morgan fingerprint density at radius 3 is 2.43 bits per heavy atom. The summed E-state index contributed by atoms with van der Waals surface area (Å²) in [5.41, 5.74) is 5.19. The number of halogens is 3. The molecule has 0 aromatic carbocycles. The first-order chi connectivity index (χ1) is 5.93. The second-order valence-electron chi connectivity index (χ2n) is 2.94. The van der Waals surface area contributed by atoms with E-state index in [1.54, 1.807) is 6.92 Å². The first kappa shape index (κ1) is 16.0. The number of hydrogen-bond donors (Lipinski definition) is 1. The van der Waals surface area contributed by atoms with Crippen molar-refractivity contribution in [3.05, 3.63) is 0 Å². The van der Waals surface area contributed by atoms with Gasteiger partial charge in [0.1, 0.15) is 6.04 Å². The zero-order valence-electron chi connectivity index (χ0n) is 8.26. The fourth-order valence-corrected chi connectivity index (χ4v) is 1.02. The van der Waals surface area contributed by atoms with Gasteiger partial charge in [-0.25, -0.2) is 8.78 Å². The second kappa shape index (κ2) is 6.95. The van der Waals surface area contributed by atoms with Crippen LogP contribution in [0, 0.1) is 0 Å². The molecule has 0 radical (unpaired) electrons. The molecule has 0 aromatic rings. The lowest BCUT2D eigenvalue weighted by Crippen LogP contribution is -2.37. The van der Waals surface area contributed by atoms with E-state index in [1.807, 2.05) is 0 Å². The predicted octanol–water partition coefficient (Wildman–Crippen LogP) is 1.73. The van der Waals surface area contributed by atoms with Crippen molar-refractivity contribution >= 4 is 18.4 Å². The van der Waals surface area contributed by atoms with E-state index in [9.17, 15) is 13.6 Å². The monoisotopic (exact) mass is 231 g/mol. The number of hydrogen-bond acceptors (Lipinski definition) is 3. The number of ether oxygens (including phenoxy) is 1. The topological polar surface area (TPSA) is 52.3 Å². The lowest BCUT2D eigenvalue weighted by Gasteiger charge is -2.18. The summed E-state index contributed by atoms with van der Waals surface area (Å²) < 4.78 is 30.0. The normalized spacial score (nSPS) is 12.9. The first-order valence-corrected chi connectivity index (χ1v) is 4.14. The highest BCUT2D eigenvalue weighted by Crippen LogP contribution is 2.25. The molecule has 0 saturated carbocycles. The summed E-state index contributed by atoms with van der Waals surface area (Å²) >= 11 is 0. The Bertz CT molecular complexity index is 179. The van der Waals surface area contributed by atoms with Gasteiger partial charge in [-0.05, 0) is 0 Å². The number of methoxy groups -OCH3 is 1. The number of alkyl halides is 2. The Labute approximate surface area is 88.4 Å². The van der Waals surface area contributed by atoms with Gasteiger partial charge in [0.15, 0.2) is 0 Å². The van der Waals surface area contributed by atoms with Crippen molar-refractivity contribution in [3.8, 4) is 0 Å². The number of nitrogens with two attached hydrogens (primary N) is 1. The van der Waals surface area contributed by atoms with Crippen LogP contribution in [0.15, 0.2) is 0 Å². The predicted molar refractivity (Wildman–Crippen MR) is 51.7 cm³/mol. The Hall–Kier alpha value is -0.420. The highest BCUT2D eigenvalue weighted by atomic mass is 35.5. The van der Waals surface area contributed by atoms with Gasteiger partial charge in [-0.2, -0.15) is 0 Å². The van der Waals surface area contributed by atoms with Gasteiger partial charge in [0.25, 0.3) is 0 Å². The molecule has 0 unspecified atom stereocenters. The van der Waals surface area contributed by atoms with Gasteiger partial charge in [0.05, 0.1) is 7.11 Å². The molecule has 0 aliphatic carbocycles. The maximum atomic E-state index is 12.9. The van der Waals surface area contributed by atoms with Gasteiger partial charge in [-0.3, -0.25) is 4.79 Å². The van der Waals surface area contributed by atoms with Gasteiger partial charge in [0, 0.05) is 12.8 Å².